The number of carboxylic acid groups (broad SMARTS) is 1. The Balaban J connectivity index is 2.20. The number of hydrogen-bond donors (Lipinski definition) is 4. The summed E-state index contributed by atoms with van der Waals surface area (Å²) in [5.41, 5.74) is 5.50. The van der Waals surface area contributed by atoms with Crippen molar-refractivity contribution in [2.45, 2.75) is 24.8 Å². The van der Waals surface area contributed by atoms with E-state index in [1.807, 2.05) is 0 Å². The van der Waals surface area contributed by atoms with Crippen molar-refractivity contribution in [1.82, 2.24) is 8.87 Å². The molecule has 1 aromatic rings. The van der Waals surface area contributed by atoms with Crippen LogP contribution in [0.25, 0.3) is 0 Å². The van der Waals surface area contributed by atoms with Crippen molar-refractivity contribution in [2.75, 3.05) is 19.7 Å². The van der Waals surface area contributed by atoms with Gasteiger partial charge in [0.05, 0.1) is 6.61 Å². The maximum absolute atomic E-state index is 11.9. The van der Waals surface area contributed by atoms with Crippen LogP contribution in [0.3, 0.4) is 0 Å². The van der Waals surface area contributed by atoms with Gasteiger partial charge in [-0.25, -0.2) is 13.9 Å². The largest absolute Gasteiger partial charge is 0.477 e. The maximum atomic E-state index is 11.9. The van der Waals surface area contributed by atoms with Gasteiger partial charge < -0.3 is 20.8 Å². The lowest BCUT2D eigenvalue weighted by Crippen LogP contribution is -2.48. The number of amides is 1. The predicted octanol–water partition coefficient (Wildman–Crippen LogP) is -1.74. The molecular weight excluding hydrogens is 340 g/mol. The third-order valence-electron chi connectivity index (χ3n) is 4.12. The Morgan fingerprint density at radius 1 is 1.33 bits per heavy atom. The fourth-order valence-corrected chi connectivity index (χ4v) is 3.58. The maximum Gasteiger partial charge on any atom is 0.353 e. The highest BCUT2D eigenvalue weighted by Gasteiger charge is 2.31. The first kappa shape index (κ1) is 18.4. The summed E-state index contributed by atoms with van der Waals surface area (Å²) in [5, 5.41) is 23.3. The van der Waals surface area contributed by atoms with Crippen molar-refractivity contribution in [3.8, 4) is 0 Å². The monoisotopic (exact) mass is 360 g/mol. The first-order valence-electron chi connectivity index (χ1n) is 7.29. The molecule has 0 aliphatic carbocycles. The van der Waals surface area contributed by atoms with Gasteiger partial charge in [-0.2, -0.15) is 8.42 Å². The molecule has 11 heteroatoms. The average molecular weight is 360 g/mol. The Bertz CT molecular complexity index is 736. The number of rotatable bonds is 5. The Hall–Kier alpha value is -1.95. The van der Waals surface area contributed by atoms with Crippen molar-refractivity contribution >= 4 is 22.1 Å². The lowest BCUT2D eigenvalue weighted by Gasteiger charge is -2.33. The fourth-order valence-electron chi connectivity index (χ4n) is 2.91. The van der Waals surface area contributed by atoms with Crippen LogP contribution in [0.5, 0.6) is 0 Å². The average Bonchev–Trinajstić information content (AvgIpc) is 2.99. The third kappa shape index (κ3) is 3.59. The topological polar surface area (TPSA) is 169 Å². The third-order valence-corrected chi connectivity index (χ3v) is 4.97. The highest BCUT2D eigenvalue weighted by Crippen LogP contribution is 2.31. The Morgan fingerprint density at radius 2 is 1.92 bits per heavy atom. The molecule has 0 bridgehead atoms. The molecule has 1 saturated heterocycles. The Labute approximate surface area is 138 Å². The second-order valence-electron chi connectivity index (χ2n) is 5.65. The molecule has 24 heavy (non-hydrogen) atoms. The van der Waals surface area contributed by atoms with E-state index in [1.54, 1.807) is 0 Å². The van der Waals surface area contributed by atoms with Crippen LogP contribution in [-0.4, -0.2) is 65.1 Å². The molecule has 1 fully saturated rings. The zero-order chi connectivity index (χ0) is 18.1. The molecule has 0 radical (unpaired) electrons. The van der Waals surface area contributed by atoms with Crippen molar-refractivity contribution < 1.29 is 28.2 Å². The van der Waals surface area contributed by atoms with Gasteiger partial charge in [-0.05, 0) is 30.4 Å². The molecule has 6 N–H and O–H groups in total. The second kappa shape index (κ2) is 6.89. The highest BCUT2D eigenvalue weighted by atomic mass is 32.2. The van der Waals surface area contributed by atoms with E-state index in [-0.39, 0.29) is 17.5 Å². The van der Waals surface area contributed by atoms with Gasteiger partial charge in [0.15, 0.2) is 0 Å². The second-order valence-corrected chi connectivity index (χ2v) is 7.08. The number of aromatic carboxylic acids is 1. The summed E-state index contributed by atoms with van der Waals surface area (Å²) in [5.74, 6) is -1.96. The van der Waals surface area contributed by atoms with E-state index in [0.717, 1.165) is 6.20 Å². The lowest BCUT2D eigenvalue weighted by molar-refractivity contribution is -0.134. The van der Waals surface area contributed by atoms with Crippen molar-refractivity contribution in [1.29, 1.82) is 0 Å². The molecule has 134 valence electrons. The fraction of sp³-hybridized carbons (Fsp3) is 0.538. The van der Waals surface area contributed by atoms with Gasteiger partial charge in [0.2, 0.25) is 5.91 Å². The van der Waals surface area contributed by atoms with Crippen LogP contribution in [0.15, 0.2) is 12.3 Å². The summed E-state index contributed by atoms with van der Waals surface area (Å²) >= 11 is 0. The first-order valence-corrected chi connectivity index (χ1v) is 8.80. The van der Waals surface area contributed by atoms with Crippen molar-refractivity contribution in [2.24, 2.45) is 10.9 Å². The standard InChI is InChI=1S/C13H20N4O6S/c14-10(7-18)12(19)16-4-1-8(2-5-16)9-3-6-17(24(15,22)23)11(9)13(20)21/h3,6,8,10,18H,1-2,4-5,7,14H2,(H,20,21)(H2,15,22,23). The highest BCUT2D eigenvalue weighted by molar-refractivity contribution is 7.87. The van der Waals surface area contributed by atoms with Gasteiger partial charge in [0.25, 0.3) is 0 Å². The van der Waals surface area contributed by atoms with Crippen LogP contribution >= 0.6 is 0 Å². The molecular formula is C13H20N4O6S. The minimum absolute atomic E-state index is 0.214. The molecule has 2 rings (SSSR count). The summed E-state index contributed by atoms with van der Waals surface area (Å²) in [6.07, 6.45) is 2.03. The molecule has 0 spiro atoms. The van der Waals surface area contributed by atoms with Crippen LogP contribution in [-0.2, 0) is 15.0 Å². The van der Waals surface area contributed by atoms with Crippen LogP contribution < -0.4 is 10.9 Å². The van der Waals surface area contributed by atoms with Gasteiger partial charge in [-0.15, -0.1) is 0 Å². The Kier molecular flexibility index (Phi) is 5.28. The molecule has 1 atom stereocenters. The zero-order valence-electron chi connectivity index (χ0n) is 12.8. The van der Waals surface area contributed by atoms with E-state index in [2.05, 4.69) is 0 Å². The van der Waals surface area contributed by atoms with Crippen molar-refractivity contribution in [3.63, 3.8) is 0 Å². The van der Waals surface area contributed by atoms with Gasteiger partial charge in [0, 0.05) is 19.3 Å². The minimum Gasteiger partial charge on any atom is -0.477 e. The summed E-state index contributed by atoms with van der Waals surface area (Å²) < 4.78 is 23.5. The molecule has 10 nitrogen and oxygen atoms in total. The summed E-state index contributed by atoms with van der Waals surface area (Å²) in [6, 6.07) is 0.453. The summed E-state index contributed by atoms with van der Waals surface area (Å²) in [7, 11) is -4.21. The number of likely N-dealkylation sites (tertiary alicyclic amines) is 1. The summed E-state index contributed by atoms with van der Waals surface area (Å²) in [6.45, 7) is 0.243. The number of piperidine rings is 1. The molecule has 0 aromatic carbocycles. The lowest BCUT2D eigenvalue weighted by atomic mass is 9.89. The molecule has 1 aliphatic heterocycles. The number of carbonyl (C=O) groups is 2. The predicted molar refractivity (Wildman–Crippen MR) is 83.5 cm³/mol. The molecule has 1 aromatic heterocycles. The van der Waals surface area contributed by atoms with Gasteiger partial charge in [-0.3, -0.25) is 4.79 Å². The Morgan fingerprint density at radius 3 is 2.38 bits per heavy atom. The normalized spacial score (nSPS) is 17.7. The summed E-state index contributed by atoms with van der Waals surface area (Å²) in [4.78, 5) is 24.9. The van der Waals surface area contributed by atoms with Crippen LogP contribution in [0, 0.1) is 0 Å². The van der Waals surface area contributed by atoms with Crippen LogP contribution in [0.4, 0.5) is 0 Å². The number of nitrogens with zero attached hydrogens (tertiary/aromatic N) is 2. The number of aliphatic hydroxyl groups excluding tert-OH is 1. The van der Waals surface area contributed by atoms with E-state index in [0.29, 0.717) is 35.5 Å². The molecule has 2 heterocycles. The number of carboxylic acids is 1. The quantitative estimate of drug-likeness (QED) is 0.483. The number of aliphatic hydroxyl groups is 1. The van der Waals surface area contributed by atoms with E-state index in [4.69, 9.17) is 16.0 Å². The smallest absolute Gasteiger partial charge is 0.353 e. The van der Waals surface area contributed by atoms with E-state index >= 15 is 0 Å². The van der Waals surface area contributed by atoms with Crippen LogP contribution in [0.1, 0.15) is 34.8 Å². The molecule has 0 saturated carbocycles. The van der Waals surface area contributed by atoms with E-state index in [9.17, 15) is 23.1 Å². The zero-order valence-corrected chi connectivity index (χ0v) is 13.6. The molecule has 1 unspecified atom stereocenters. The number of nitrogens with two attached hydrogens (primary N) is 2. The SMILES string of the molecule is NC(CO)C(=O)N1CCC(c2ccn(S(N)(=O)=O)c2C(=O)O)CC1. The number of aromatic nitrogens is 1. The van der Waals surface area contributed by atoms with Gasteiger partial charge >= 0.3 is 16.2 Å². The van der Waals surface area contributed by atoms with Gasteiger partial charge in [-0.1, -0.05) is 0 Å². The number of carbonyl (C=O) groups excluding carboxylic acids is 1. The van der Waals surface area contributed by atoms with E-state index in [1.165, 1.54) is 11.0 Å². The van der Waals surface area contributed by atoms with Crippen molar-refractivity contribution in [3.05, 3.63) is 23.5 Å². The first-order chi connectivity index (χ1) is 11.2. The number of hydrogen-bond acceptors (Lipinski definition) is 6. The molecule has 1 amide bonds. The molecule has 1 aliphatic rings. The minimum atomic E-state index is -4.21. The van der Waals surface area contributed by atoms with E-state index < -0.39 is 28.8 Å². The van der Waals surface area contributed by atoms with Crippen LogP contribution in [0.2, 0.25) is 0 Å². The van der Waals surface area contributed by atoms with Gasteiger partial charge in [0.1, 0.15) is 11.7 Å².